The summed E-state index contributed by atoms with van der Waals surface area (Å²) < 4.78 is 19.0. The van der Waals surface area contributed by atoms with E-state index in [1.807, 2.05) is 78.9 Å². The first-order chi connectivity index (χ1) is 53.7. The van der Waals surface area contributed by atoms with Gasteiger partial charge in [-0.1, -0.05) is 123 Å². The fraction of sp³-hybridized carbons (Fsp3) is 0.152. The molecule has 6 heterocycles. The number of carbonyl (C=O) groups excluding carboxylic acids is 4. The molecule has 0 aliphatic carbocycles. The number of nitro benzene ring substituents is 2. The maximum absolute atomic E-state index is 12.7. The molecule has 4 amide bonds. The highest BCUT2D eigenvalue weighted by Crippen LogP contribution is 2.39. The van der Waals surface area contributed by atoms with Crippen molar-refractivity contribution in [3.63, 3.8) is 0 Å². The van der Waals surface area contributed by atoms with Crippen LogP contribution in [0, 0.1) is 20.2 Å². The number of pyridine rings is 2. The summed E-state index contributed by atoms with van der Waals surface area (Å²) in [7, 11) is -1.39. The Labute approximate surface area is 700 Å². The number of hydrogen-bond acceptors (Lipinski definition) is 22. The number of anilines is 6. The van der Waals surface area contributed by atoms with Crippen LogP contribution in [0.2, 0.25) is 17.3 Å². The maximum atomic E-state index is 12.7. The largest absolute Gasteiger partial charge is 0.499 e. The van der Waals surface area contributed by atoms with Crippen molar-refractivity contribution in [1.29, 1.82) is 0 Å². The average molecular weight is 1760 g/mol. The summed E-state index contributed by atoms with van der Waals surface area (Å²) in [4.78, 5) is 90.3. The highest BCUT2D eigenvalue weighted by atomic mass is 79.9. The van der Waals surface area contributed by atoms with Crippen molar-refractivity contribution in [2.75, 3.05) is 32.7 Å². The number of nitrogen functional groups attached to an aromatic ring is 2. The minimum absolute atomic E-state index is 0.0793. The predicted molar refractivity (Wildman–Crippen MR) is 464 cm³/mol. The van der Waals surface area contributed by atoms with Gasteiger partial charge in [0.2, 0.25) is 0 Å². The molecule has 0 unspecified atom stereocenters. The molecule has 114 heavy (non-hydrogen) atoms. The van der Waals surface area contributed by atoms with Crippen LogP contribution in [0.3, 0.4) is 0 Å². The van der Waals surface area contributed by atoms with E-state index in [9.17, 15) is 44.2 Å². The van der Waals surface area contributed by atoms with Crippen LogP contribution in [0.5, 0.6) is 0 Å². The first kappa shape index (κ1) is 90.4. The van der Waals surface area contributed by atoms with Gasteiger partial charge >= 0.3 is 31.4 Å². The lowest BCUT2D eigenvalue weighted by molar-refractivity contribution is -0.384. The van der Waals surface area contributed by atoms with E-state index in [0.29, 0.717) is 61.7 Å². The number of nitro groups is 2. The van der Waals surface area contributed by atoms with Gasteiger partial charge in [-0.2, -0.15) is 0 Å². The molecule has 0 aliphatic heterocycles. The van der Waals surface area contributed by atoms with Crippen LogP contribution in [0.1, 0.15) is 83.0 Å². The number of rotatable bonds is 14. The van der Waals surface area contributed by atoms with E-state index in [0.717, 1.165) is 63.7 Å². The monoisotopic (exact) mass is 1760 g/mol. The number of nitrogens with zero attached hydrogens (tertiary/aromatic N) is 4. The number of halogens is 5. The number of amides is 4. The number of nitrogens with one attached hydrogen (secondary N) is 4. The molecule has 11 N–H and O–H groups in total. The first-order valence-electron chi connectivity index (χ1n) is 33.6. The van der Waals surface area contributed by atoms with Crippen molar-refractivity contribution in [1.82, 2.24) is 9.97 Å². The highest BCUT2D eigenvalue weighted by molar-refractivity contribution is 9.10. The summed E-state index contributed by atoms with van der Waals surface area (Å²) >= 11 is 31.9. The van der Waals surface area contributed by atoms with Crippen molar-refractivity contribution in [2.24, 2.45) is 0 Å². The van der Waals surface area contributed by atoms with Crippen LogP contribution in [-0.2, 0) is 14.2 Å². The molecule has 12 rings (SSSR count). The molecule has 0 fully saturated rings. The van der Waals surface area contributed by atoms with Gasteiger partial charge in [-0.3, -0.25) is 50.9 Å². The molecule has 35 heteroatoms. The minimum Gasteiger partial charge on any atom is -0.478 e. The van der Waals surface area contributed by atoms with E-state index in [1.54, 1.807) is 178 Å². The lowest BCUT2D eigenvalue weighted by Crippen LogP contribution is -2.27. The number of thiophene rings is 4. The Morgan fingerprint density at radius 1 is 0.439 bits per heavy atom. The van der Waals surface area contributed by atoms with Crippen LogP contribution >= 0.6 is 108 Å². The zero-order valence-corrected chi connectivity index (χ0v) is 69.9. The molecule has 0 saturated heterocycles. The quantitative estimate of drug-likeness (QED) is 0.0160. The smallest absolute Gasteiger partial charge is 0.478 e. The molecule has 0 radical (unpaired) electrons. The van der Waals surface area contributed by atoms with Crippen molar-refractivity contribution in [3.8, 4) is 53.6 Å². The molecule has 0 bridgehead atoms. The standard InChI is InChI=1S/C22H16ClN3OS.C15H15ClN2O4S.C15H17ClN2O2S.C12H9NO2.C11H13BrN2O4.C4H4BClO2S/c23-21-10-9-20(28-21)16-7-8-18(24)19(12-16)26-22(27)15-5-3-14(4-6-15)17-2-1-11-25-13-17;1-15(2,3)22-14(19)17-10-5-4-9(8-11(10)18(20)21)12-6-7-13(16)23-12;1-15(2,3)20-14(19)18-11-5-4-9(8-10(11)17)12-6-7-13(16)21-12;14-12(15)10-5-3-9(4-6-10)11-2-1-7-13-8-11;1-11(2,3)18-10(15)13-8-5-4-7(12)6-9(8)14(16)17;6-4-2-1-3(9-4)5(7)8/h1-13H,24H2,(H,26,27);4-8H,1-3H3,(H,17,19);4-8H,17H2,1-3H3,(H,18,19);1-8H,(H,14,15);4-6H,1-3H3,(H,13,15);1-2,7-8H. The highest BCUT2D eigenvalue weighted by Gasteiger charge is 2.25. The second-order valence-corrected chi connectivity index (χ2v) is 34.4. The lowest BCUT2D eigenvalue weighted by atomic mass is 9.90. The van der Waals surface area contributed by atoms with E-state index in [4.69, 9.17) is 87.2 Å². The molecular weight excluding hydrogens is 1690 g/mol. The molecule has 12 aromatic rings. The normalized spacial score (nSPS) is 10.7. The Kier molecular flexibility index (Phi) is 33.2. The Morgan fingerprint density at radius 3 is 1.18 bits per heavy atom. The van der Waals surface area contributed by atoms with Crippen LogP contribution in [-0.4, -0.2) is 89.0 Å². The Balaban J connectivity index is 0.000000194. The molecule has 6 aromatic heterocycles. The molecule has 0 saturated carbocycles. The van der Waals surface area contributed by atoms with Crippen molar-refractivity contribution < 1.29 is 63.2 Å². The van der Waals surface area contributed by atoms with Crippen molar-refractivity contribution in [3.05, 3.63) is 272 Å². The van der Waals surface area contributed by atoms with Gasteiger partial charge < -0.3 is 46.1 Å². The van der Waals surface area contributed by atoms with Gasteiger partial charge in [0.15, 0.2) is 0 Å². The van der Waals surface area contributed by atoms with Gasteiger partial charge in [0.25, 0.3) is 17.3 Å². The van der Waals surface area contributed by atoms with E-state index < -0.39 is 58.0 Å². The third kappa shape index (κ3) is 29.9. The summed E-state index contributed by atoms with van der Waals surface area (Å²) in [6, 6.07) is 55.9. The number of nitrogens with two attached hydrogens (primary N) is 2. The second kappa shape index (κ2) is 41.8. The fourth-order valence-corrected chi connectivity index (χ4v) is 13.7. The van der Waals surface area contributed by atoms with E-state index in [2.05, 4.69) is 47.2 Å². The molecule has 0 aliphatic rings. The Hall–Kier alpha value is -10.8. The van der Waals surface area contributed by atoms with Crippen molar-refractivity contribution >= 4 is 195 Å². The van der Waals surface area contributed by atoms with Gasteiger partial charge in [-0.25, -0.2) is 19.2 Å². The first-order valence-corrected chi connectivity index (χ1v) is 39.2. The molecular formula is C79H74BBrCl4N10O15S4. The second-order valence-electron chi connectivity index (χ2n) is 26.6. The van der Waals surface area contributed by atoms with Crippen LogP contribution in [0.15, 0.2) is 223 Å². The van der Waals surface area contributed by atoms with Crippen molar-refractivity contribution in [2.45, 2.75) is 79.1 Å². The predicted octanol–water partition coefficient (Wildman–Crippen LogP) is 22.5. The Bertz CT molecular complexity index is 5320. The molecule has 592 valence electrons. The van der Waals surface area contributed by atoms with Crippen LogP contribution in [0.25, 0.3) is 53.6 Å². The van der Waals surface area contributed by atoms with Gasteiger partial charge in [0.1, 0.15) is 28.2 Å². The number of hydrogen-bond donors (Lipinski definition) is 9. The van der Waals surface area contributed by atoms with Gasteiger partial charge in [0, 0.05) is 66.4 Å². The lowest BCUT2D eigenvalue weighted by Gasteiger charge is -2.20. The fourth-order valence-electron chi connectivity index (χ4n) is 9.35. The number of ether oxygens (including phenoxy) is 3. The number of carboxylic acids is 1. The molecule has 6 aromatic carbocycles. The van der Waals surface area contributed by atoms with E-state index in [-0.39, 0.29) is 28.7 Å². The summed E-state index contributed by atoms with van der Waals surface area (Å²) in [5.74, 6) is -1.13. The zero-order chi connectivity index (χ0) is 83.8. The van der Waals surface area contributed by atoms with Gasteiger partial charge in [-0.15, -0.1) is 45.3 Å². The summed E-state index contributed by atoms with van der Waals surface area (Å²) in [6.45, 7) is 15.7. The molecule has 0 spiro atoms. The minimum atomic E-state index is -1.39. The third-order valence-electron chi connectivity index (χ3n) is 14.3. The third-order valence-corrected chi connectivity index (χ3v) is 19.9. The summed E-state index contributed by atoms with van der Waals surface area (Å²) in [5.41, 5.74) is 19.3. The summed E-state index contributed by atoms with van der Waals surface area (Å²) in [5, 5.41) is 58.2. The topological polar surface area (TPSA) is 386 Å². The Morgan fingerprint density at radius 2 is 0.816 bits per heavy atom. The maximum Gasteiger partial charge on any atom is 0.499 e. The molecule has 25 nitrogen and oxygen atoms in total. The zero-order valence-electron chi connectivity index (χ0n) is 62.1. The van der Waals surface area contributed by atoms with E-state index in [1.165, 1.54) is 58.3 Å². The summed E-state index contributed by atoms with van der Waals surface area (Å²) in [6.07, 6.45) is 4.97. The number of carboxylic acid groups (broad SMARTS) is 1. The number of aromatic nitrogens is 2. The number of benzene rings is 6. The SMILES string of the molecule is CC(C)(C)OC(=O)Nc1ccc(-c2ccc(Cl)s2)cc1N.CC(C)(C)OC(=O)Nc1ccc(-c2ccc(Cl)s2)cc1[N+](=O)[O-].CC(C)(C)OC(=O)Nc1ccc(Br)cc1[N+](=O)[O-].Nc1ccc(-c2ccc(Cl)s2)cc1NC(=O)c1ccc(-c2cccnc2)cc1.O=C(O)c1ccc(-c2cccnc2)cc1.OB(O)c1ccc(Cl)s1. The number of aromatic carboxylic acids is 1. The van der Waals surface area contributed by atoms with Crippen LogP contribution in [0.4, 0.5) is 59.9 Å². The van der Waals surface area contributed by atoms with E-state index >= 15 is 0 Å². The molecule has 0 atom stereocenters. The number of carbonyl (C=O) groups is 5. The van der Waals surface area contributed by atoms with Gasteiger partial charge in [-0.05, 0) is 223 Å². The van der Waals surface area contributed by atoms with Gasteiger partial charge in [0.05, 0.1) is 55.5 Å². The average Bonchev–Trinajstić information content (AvgIpc) is 1.83. The van der Waals surface area contributed by atoms with Crippen LogP contribution < -0.4 is 37.5 Å².